The number of carbonyl (C=O) groups is 1. The largest absolute Gasteiger partial charge is 0.506 e. The van der Waals surface area contributed by atoms with Crippen LogP contribution in [-0.4, -0.2) is 22.8 Å². The second-order valence-electron chi connectivity index (χ2n) is 4.25. The number of hydrogen-bond donors (Lipinski definition) is 2. The lowest BCUT2D eigenvalue weighted by molar-refractivity contribution is 0.0689. The Morgan fingerprint density at radius 3 is 2.58 bits per heavy atom. The van der Waals surface area contributed by atoms with Gasteiger partial charge in [-0.15, -0.1) is 0 Å². The number of aromatic hydroxyl groups is 1. The van der Waals surface area contributed by atoms with Gasteiger partial charge in [-0.1, -0.05) is 25.1 Å². The molecule has 2 aromatic rings. The summed E-state index contributed by atoms with van der Waals surface area (Å²) >= 11 is 0. The zero-order valence-electron chi connectivity index (χ0n) is 10.9. The summed E-state index contributed by atoms with van der Waals surface area (Å²) in [6, 6.07) is 7.23. The predicted molar refractivity (Wildman–Crippen MR) is 73.1 cm³/mol. The van der Waals surface area contributed by atoms with Gasteiger partial charge in [-0.3, -0.25) is 0 Å². The van der Waals surface area contributed by atoms with Crippen LogP contribution in [0, 0.1) is 0 Å². The van der Waals surface area contributed by atoms with E-state index in [1.165, 1.54) is 0 Å². The molecule has 0 bridgehead atoms. The number of phenols is 1. The highest BCUT2D eigenvalue weighted by Crippen LogP contribution is 2.36. The van der Waals surface area contributed by atoms with E-state index in [0.717, 1.165) is 17.4 Å². The van der Waals surface area contributed by atoms with Gasteiger partial charge in [-0.2, -0.15) is 0 Å². The van der Waals surface area contributed by atoms with Crippen molar-refractivity contribution < 1.29 is 19.7 Å². The maximum absolute atomic E-state index is 11.2. The maximum atomic E-state index is 11.2. The molecule has 0 heterocycles. The van der Waals surface area contributed by atoms with Crippen LogP contribution in [0.4, 0.5) is 0 Å². The smallest absolute Gasteiger partial charge is 0.343 e. The lowest BCUT2D eigenvalue weighted by Gasteiger charge is -2.12. The second kappa shape index (κ2) is 5.18. The van der Waals surface area contributed by atoms with Crippen LogP contribution in [0.25, 0.3) is 10.8 Å². The van der Waals surface area contributed by atoms with E-state index in [2.05, 4.69) is 0 Å². The summed E-state index contributed by atoms with van der Waals surface area (Å²) in [6.07, 6.45) is 0.876. The molecule has 0 unspecified atom stereocenters. The molecule has 0 spiro atoms. The van der Waals surface area contributed by atoms with Crippen LogP contribution in [0.15, 0.2) is 24.3 Å². The second-order valence-corrected chi connectivity index (χ2v) is 4.25. The third-order valence-corrected chi connectivity index (χ3v) is 3.06. The zero-order valence-corrected chi connectivity index (χ0v) is 10.9. The fourth-order valence-electron chi connectivity index (χ4n) is 2.11. The Bertz CT molecular complexity index is 632. The van der Waals surface area contributed by atoms with Crippen LogP contribution in [0.3, 0.4) is 0 Å². The fraction of sp³-hybridized carbons (Fsp3) is 0.267. The van der Waals surface area contributed by atoms with E-state index in [9.17, 15) is 15.0 Å². The number of carboxylic acids is 1. The van der Waals surface area contributed by atoms with E-state index >= 15 is 0 Å². The minimum atomic E-state index is -1.19. The molecule has 2 rings (SSSR count). The van der Waals surface area contributed by atoms with Gasteiger partial charge in [-0.25, -0.2) is 4.79 Å². The zero-order chi connectivity index (χ0) is 14.0. The number of benzene rings is 2. The molecule has 2 aromatic carbocycles. The predicted octanol–water partition coefficient (Wildman–Crippen LogP) is 3.20. The van der Waals surface area contributed by atoms with Crippen LogP contribution < -0.4 is 4.74 Å². The van der Waals surface area contributed by atoms with Gasteiger partial charge in [0, 0.05) is 5.39 Å². The molecule has 0 atom stereocenters. The third kappa shape index (κ3) is 2.34. The van der Waals surface area contributed by atoms with Gasteiger partial charge in [0.1, 0.15) is 17.1 Å². The SMILES string of the molecule is CCOc1cc2cc(CC)ccc2c(O)c1C(=O)O. The highest BCUT2D eigenvalue weighted by molar-refractivity contribution is 6.03. The van der Waals surface area contributed by atoms with Crippen molar-refractivity contribution in [3.05, 3.63) is 35.4 Å². The highest BCUT2D eigenvalue weighted by Gasteiger charge is 2.20. The van der Waals surface area contributed by atoms with Crippen molar-refractivity contribution >= 4 is 16.7 Å². The first-order chi connectivity index (χ1) is 9.08. The molecule has 0 saturated carbocycles. The molecule has 0 radical (unpaired) electrons. The van der Waals surface area contributed by atoms with E-state index in [1.54, 1.807) is 19.1 Å². The number of aryl methyl sites for hydroxylation is 1. The number of fused-ring (bicyclic) bond motifs is 1. The minimum absolute atomic E-state index is 0.182. The number of ether oxygens (including phenoxy) is 1. The summed E-state index contributed by atoms with van der Waals surface area (Å²) in [5, 5.41) is 20.6. The molecule has 0 aliphatic rings. The minimum Gasteiger partial charge on any atom is -0.506 e. The Hall–Kier alpha value is -2.23. The average molecular weight is 260 g/mol. The summed E-state index contributed by atoms with van der Waals surface area (Å²) < 4.78 is 5.32. The lowest BCUT2D eigenvalue weighted by Crippen LogP contribution is -2.03. The molecule has 4 heteroatoms. The molecule has 0 aliphatic heterocycles. The molecule has 0 aromatic heterocycles. The average Bonchev–Trinajstić information content (AvgIpc) is 2.38. The van der Waals surface area contributed by atoms with Crippen molar-refractivity contribution in [3.63, 3.8) is 0 Å². The lowest BCUT2D eigenvalue weighted by atomic mass is 10.0. The van der Waals surface area contributed by atoms with Gasteiger partial charge in [-0.05, 0) is 30.4 Å². The van der Waals surface area contributed by atoms with Crippen molar-refractivity contribution in [3.8, 4) is 11.5 Å². The quantitative estimate of drug-likeness (QED) is 0.885. The summed E-state index contributed by atoms with van der Waals surface area (Å²) in [5.74, 6) is -1.23. The molecular weight excluding hydrogens is 244 g/mol. The molecule has 4 nitrogen and oxygen atoms in total. The molecule has 0 fully saturated rings. The van der Waals surface area contributed by atoms with E-state index in [4.69, 9.17) is 4.74 Å². The number of aromatic carboxylic acids is 1. The van der Waals surface area contributed by atoms with Gasteiger partial charge < -0.3 is 14.9 Å². The van der Waals surface area contributed by atoms with Crippen LogP contribution in [0.5, 0.6) is 11.5 Å². The van der Waals surface area contributed by atoms with Crippen molar-refractivity contribution in [2.45, 2.75) is 20.3 Å². The topological polar surface area (TPSA) is 66.8 Å². The monoisotopic (exact) mass is 260 g/mol. The Labute approximate surface area is 111 Å². The van der Waals surface area contributed by atoms with Crippen LogP contribution in [-0.2, 0) is 6.42 Å². The van der Waals surface area contributed by atoms with E-state index in [0.29, 0.717) is 12.0 Å². The maximum Gasteiger partial charge on any atom is 0.343 e. The molecule has 0 aliphatic carbocycles. The Balaban J connectivity index is 2.76. The number of hydrogen-bond acceptors (Lipinski definition) is 3. The molecule has 100 valence electrons. The summed E-state index contributed by atoms with van der Waals surface area (Å²) in [5.41, 5.74) is 0.941. The first-order valence-electron chi connectivity index (χ1n) is 6.23. The van der Waals surface area contributed by atoms with Crippen LogP contribution in [0.2, 0.25) is 0 Å². The van der Waals surface area contributed by atoms with Gasteiger partial charge in [0.25, 0.3) is 0 Å². The van der Waals surface area contributed by atoms with Crippen molar-refractivity contribution in [1.82, 2.24) is 0 Å². The van der Waals surface area contributed by atoms with E-state index < -0.39 is 5.97 Å². The van der Waals surface area contributed by atoms with E-state index in [-0.39, 0.29) is 17.1 Å². The summed E-state index contributed by atoms with van der Waals surface area (Å²) in [4.78, 5) is 11.2. The van der Waals surface area contributed by atoms with Crippen LogP contribution in [0.1, 0.15) is 29.8 Å². The number of rotatable bonds is 4. The molecule has 19 heavy (non-hydrogen) atoms. The van der Waals surface area contributed by atoms with Crippen LogP contribution >= 0.6 is 0 Å². The Kier molecular flexibility index (Phi) is 3.60. The van der Waals surface area contributed by atoms with Gasteiger partial charge >= 0.3 is 5.97 Å². The van der Waals surface area contributed by atoms with Crippen molar-refractivity contribution in [2.75, 3.05) is 6.61 Å². The first-order valence-corrected chi connectivity index (χ1v) is 6.23. The molecule has 0 saturated heterocycles. The summed E-state index contributed by atoms with van der Waals surface area (Å²) in [6.45, 7) is 4.16. The first kappa shape index (κ1) is 13.2. The standard InChI is InChI=1S/C15H16O4/c1-3-9-5-6-11-10(7-9)8-12(19-4-2)13(14(11)16)15(17)18/h5-8,16H,3-4H2,1-2H3,(H,17,18). The van der Waals surface area contributed by atoms with E-state index in [1.807, 2.05) is 19.1 Å². The van der Waals surface area contributed by atoms with Crippen molar-refractivity contribution in [1.29, 1.82) is 0 Å². The number of carboxylic acid groups (broad SMARTS) is 1. The van der Waals surface area contributed by atoms with Gasteiger partial charge in [0.2, 0.25) is 0 Å². The summed E-state index contributed by atoms with van der Waals surface area (Å²) in [7, 11) is 0. The molecule has 0 amide bonds. The molecule has 2 N–H and O–H groups in total. The fourth-order valence-corrected chi connectivity index (χ4v) is 2.11. The Morgan fingerprint density at radius 1 is 1.26 bits per heavy atom. The normalized spacial score (nSPS) is 10.6. The Morgan fingerprint density at radius 2 is 2.00 bits per heavy atom. The highest BCUT2D eigenvalue weighted by atomic mass is 16.5. The third-order valence-electron chi connectivity index (χ3n) is 3.06. The van der Waals surface area contributed by atoms with Gasteiger partial charge in [0.15, 0.2) is 0 Å². The molecular formula is C15H16O4. The van der Waals surface area contributed by atoms with Crippen molar-refractivity contribution in [2.24, 2.45) is 0 Å². The van der Waals surface area contributed by atoms with Gasteiger partial charge in [0.05, 0.1) is 6.61 Å².